The van der Waals surface area contributed by atoms with Crippen LogP contribution in [0.5, 0.6) is 0 Å². The summed E-state index contributed by atoms with van der Waals surface area (Å²) >= 11 is 7.93. The van der Waals surface area contributed by atoms with Crippen LogP contribution in [0.25, 0.3) is 5.65 Å². The lowest BCUT2D eigenvalue weighted by molar-refractivity contribution is 0.278. The van der Waals surface area contributed by atoms with E-state index in [4.69, 9.17) is 16.6 Å². The lowest BCUT2D eigenvalue weighted by atomic mass is 9.83. The zero-order valence-electron chi connectivity index (χ0n) is 15.1. The molecule has 1 saturated heterocycles. The van der Waals surface area contributed by atoms with Crippen LogP contribution in [0, 0.1) is 12.3 Å². The van der Waals surface area contributed by atoms with Crippen molar-refractivity contribution in [2.75, 3.05) is 18.0 Å². The maximum atomic E-state index is 6.39. The number of aromatic nitrogens is 5. The van der Waals surface area contributed by atoms with Crippen molar-refractivity contribution in [3.8, 4) is 0 Å². The zero-order valence-corrected chi connectivity index (χ0v) is 16.7. The summed E-state index contributed by atoms with van der Waals surface area (Å²) in [5, 5.41) is 9.10. The minimum Gasteiger partial charge on any atom is -0.342 e. The van der Waals surface area contributed by atoms with Crippen molar-refractivity contribution in [3.63, 3.8) is 0 Å². The number of hydrogen-bond donors (Lipinski definition) is 0. The number of pyridine rings is 1. The quantitative estimate of drug-likeness (QED) is 0.668. The Kier molecular flexibility index (Phi) is 4.52. The largest absolute Gasteiger partial charge is 0.342 e. The molecule has 8 heteroatoms. The van der Waals surface area contributed by atoms with Gasteiger partial charge in [0.1, 0.15) is 6.33 Å². The molecule has 26 heavy (non-hydrogen) atoms. The van der Waals surface area contributed by atoms with E-state index in [1.807, 2.05) is 23.6 Å². The molecule has 6 nitrogen and oxygen atoms in total. The van der Waals surface area contributed by atoms with Gasteiger partial charge in [-0.25, -0.2) is 9.38 Å². The summed E-state index contributed by atoms with van der Waals surface area (Å²) in [5.41, 5.74) is 2.01. The Morgan fingerprint density at radius 1 is 1.15 bits per heavy atom. The van der Waals surface area contributed by atoms with Gasteiger partial charge in [0.05, 0.1) is 15.6 Å². The van der Waals surface area contributed by atoms with Gasteiger partial charge in [-0.15, -0.1) is 10.2 Å². The van der Waals surface area contributed by atoms with Crippen molar-refractivity contribution in [3.05, 3.63) is 35.5 Å². The molecule has 0 spiro atoms. The molecular weight excluding hydrogens is 368 g/mol. The third-order valence-corrected chi connectivity index (χ3v) is 6.59. The Hall–Kier alpha value is -1.86. The van der Waals surface area contributed by atoms with Crippen LogP contribution in [0.3, 0.4) is 0 Å². The highest BCUT2D eigenvalue weighted by Gasteiger charge is 2.27. The van der Waals surface area contributed by atoms with Crippen molar-refractivity contribution in [2.24, 2.45) is 5.41 Å². The van der Waals surface area contributed by atoms with Crippen LogP contribution < -0.4 is 4.90 Å². The van der Waals surface area contributed by atoms with Crippen molar-refractivity contribution < 1.29 is 0 Å². The number of halogens is 1. The number of rotatable bonds is 3. The SMILES string of the molecule is Cc1nccc(Sc2cnc(N3CCC(C)(C)CC3)n3cnnc23)c1Cl. The second-order valence-electron chi connectivity index (χ2n) is 7.41. The average molecular weight is 389 g/mol. The highest BCUT2D eigenvalue weighted by molar-refractivity contribution is 7.99. The predicted molar refractivity (Wildman–Crippen MR) is 104 cm³/mol. The molecule has 0 radical (unpaired) electrons. The maximum Gasteiger partial charge on any atom is 0.212 e. The summed E-state index contributed by atoms with van der Waals surface area (Å²) in [7, 11) is 0. The van der Waals surface area contributed by atoms with Crippen LogP contribution >= 0.6 is 23.4 Å². The van der Waals surface area contributed by atoms with E-state index in [2.05, 4.69) is 33.9 Å². The first-order valence-corrected chi connectivity index (χ1v) is 9.87. The monoisotopic (exact) mass is 388 g/mol. The second-order valence-corrected chi connectivity index (χ2v) is 8.87. The van der Waals surface area contributed by atoms with E-state index in [1.54, 1.807) is 24.3 Å². The van der Waals surface area contributed by atoms with E-state index < -0.39 is 0 Å². The number of aryl methyl sites for hydroxylation is 1. The van der Waals surface area contributed by atoms with E-state index in [9.17, 15) is 0 Å². The Labute approximate surface area is 162 Å². The molecule has 0 aromatic carbocycles. The van der Waals surface area contributed by atoms with Gasteiger partial charge in [-0.05, 0) is 31.2 Å². The molecule has 1 aliphatic rings. The minimum absolute atomic E-state index is 0.397. The smallest absolute Gasteiger partial charge is 0.212 e. The molecule has 0 N–H and O–H groups in total. The number of anilines is 1. The molecule has 136 valence electrons. The van der Waals surface area contributed by atoms with E-state index in [0.717, 1.165) is 53.0 Å². The van der Waals surface area contributed by atoms with Gasteiger partial charge in [-0.2, -0.15) is 0 Å². The topological polar surface area (TPSA) is 59.2 Å². The van der Waals surface area contributed by atoms with Gasteiger partial charge in [-0.1, -0.05) is 37.2 Å². The Morgan fingerprint density at radius 2 is 1.92 bits per heavy atom. The van der Waals surface area contributed by atoms with E-state index >= 15 is 0 Å². The number of nitrogens with zero attached hydrogens (tertiary/aromatic N) is 6. The fourth-order valence-electron chi connectivity index (χ4n) is 3.13. The summed E-state index contributed by atoms with van der Waals surface area (Å²) in [6.45, 7) is 8.54. The van der Waals surface area contributed by atoms with Crippen molar-refractivity contribution in [1.82, 2.24) is 24.6 Å². The molecule has 1 aliphatic heterocycles. The molecule has 3 aromatic rings. The van der Waals surface area contributed by atoms with E-state index in [-0.39, 0.29) is 0 Å². The van der Waals surface area contributed by atoms with Crippen molar-refractivity contribution >= 4 is 35.0 Å². The van der Waals surface area contributed by atoms with Crippen molar-refractivity contribution in [1.29, 1.82) is 0 Å². The van der Waals surface area contributed by atoms with E-state index in [1.165, 1.54) is 0 Å². The molecule has 0 atom stereocenters. The predicted octanol–water partition coefficient (Wildman–Crippen LogP) is 4.26. The lowest BCUT2D eigenvalue weighted by Crippen LogP contribution is -2.38. The molecule has 0 bridgehead atoms. The van der Waals surface area contributed by atoms with Crippen LogP contribution in [0.15, 0.2) is 34.6 Å². The third kappa shape index (κ3) is 3.25. The summed E-state index contributed by atoms with van der Waals surface area (Å²) in [4.78, 5) is 13.1. The highest BCUT2D eigenvalue weighted by Crippen LogP contribution is 2.37. The molecule has 1 fully saturated rings. The molecule has 0 saturated carbocycles. The van der Waals surface area contributed by atoms with E-state index in [0.29, 0.717) is 10.4 Å². The minimum atomic E-state index is 0.397. The Bertz CT molecular complexity index is 944. The average Bonchev–Trinajstić information content (AvgIpc) is 3.10. The number of hydrogen-bond acceptors (Lipinski definition) is 6. The second kappa shape index (κ2) is 6.70. The first-order valence-electron chi connectivity index (χ1n) is 8.67. The zero-order chi connectivity index (χ0) is 18.3. The summed E-state index contributed by atoms with van der Waals surface area (Å²) in [5.74, 6) is 0.904. The molecule has 0 unspecified atom stereocenters. The van der Waals surface area contributed by atoms with Gasteiger partial charge in [-0.3, -0.25) is 4.98 Å². The van der Waals surface area contributed by atoms with Gasteiger partial charge in [0.15, 0.2) is 5.65 Å². The van der Waals surface area contributed by atoms with Crippen LogP contribution in [0.1, 0.15) is 32.4 Å². The van der Waals surface area contributed by atoms with Gasteiger partial charge < -0.3 is 4.90 Å². The molecular formula is C18H21ClN6S. The number of fused-ring (bicyclic) bond motifs is 1. The maximum absolute atomic E-state index is 6.39. The fourth-order valence-corrected chi connectivity index (χ4v) is 4.29. The van der Waals surface area contributed by atoms with Crippen molar-refractivity contribution in [2.45, 2.75) is 43.4 Å². The third-order valence-electron chi connectivity index (χ3n) is 4.93. The molecule has 4 rings (SSSR count). The van der Waals surface area contributed by atoms with Gasteiger partial charge in [0.2, 0.25) is 5.95 Å². The molecule has 0 amide bonds. The van der Waals surface area contributed by atoms with Gasteiger partial charge in [0, 0.05) is 30.4 Å². The number of piperidine rings is 1. The van der Waals surface area contributed by atoms with Gasteiger partial charge >= 0.3 is 0 Å². The normalized spacial score (nSPS) is 17.0. The standard InChI is InChI=1S/C18H21ClN6S/c1-12-15(19)13(4-7-20-12)26-14-10-21-17(25-11-22-23-16(14)25)24-8-5-18(2,3)6-9-24/h4,7,10-11H,5-6,8-9H2,1-3H3. The highest BCUT2D eigenvalue weighted by atomic mass is 35.5. The molecule has 0 aliphatic carbocycles. The van der Waals surface area contributed by atoms with Crippen LogP contribution in [0.2, 0.25) is 5.02 Å². The lowest BCUT2D eigenvalue weighted by Gasteiger charge is -2.37. The summed E-state index contributed by atoms with van der Waals surface area (Å²) in [6.07, 6.45) is 7.68. The molecule has 3 aromatic heterocycles. The Morgan fingerprint density at radius 3 is 2.69 bits per heavy atom. The first kappa shape index (κ1) is 17.5. The van der Waals surface area contributed by atoms with Crippen LogP contribution in [-0.2, 0) is 0 Å². The first-order chi connectivity index (χ1) is 12.4. The summed E-state index contributed by atoms with van der Waals surface area (Å²) in [6, 6.07) is 1.91. The van der Waals surface area contributed by atoms with Gasteiger partial charge in [0.25, 0.3) is 0 Å². The fraction of sp³-hybridized carbons (Fsp3) is 0.444. The van der Waals surface area contributed by atoms with Crippen LogP contribution in [-0.4, -0.2) is 37.7 Å². The Balaban J connectivity index is 1.67. The van der Waals surface area contributed by atoms with Crippen LogP contribution in [0.4, 0.5) is 5.95 Å². The summed E-state index contributed by atoms with van der Waals surface area (Å²) < 4.78 is 1.97. The molecule has 4 heterocycles.